The van der Waals surface area contributed by atoms with Crippen LogP contribution in [0.5, 0.6) is 0 Å². The van der Waals surface area contributed by atoms with Crippen molar-refractivity contribution in [1.82, 2.24) is 10.2 Å². The Bertz CT molecular complexity index is 992. The van der Waals surface area contributed by atoms with Gasteiger partial charge in [0.15, 0.2) is 0 Å². The van der Waals surface area contributed by atoms with E-state index in [-0.39, 0.29) is 46.3 Å². The van der Waals surface area contributed by atoms with E-state index in [0.717, 1.165) is 32.2 Å². The van der Waals surface area contributed by atoms with Crippen molar-refractivity contribution in [1.29, 1.82) is 0 Å². The molecule has 4 fully saturated rings. The number of likely N-dealkylation sites (tertiary alicyclic amines) is 1. The molecule has 2 unspecified atom stereocenters. The van der Waals surface area contributed by atoms with Crippen molar-refractivity contribution in [2.75, 3.05) is 20.1 Å². The SMILES string of the molecule is C=CC=C[C@]1(C)C[C@@H](OC(=O)NC(=O)[C@H]2CN(C)CC[C@@H]2C)[C@@]2(C)C3C(=O)CCC3(CC[C@H]2C)[C@@H](C)[C@@H]1C. The molecule has 1 N–H and O–H groups in total. The Kier molecular flexibility index (Phi) is 8.07. The van der Waals surface area contributed by atoms with Gasteiger partial charge in [-0.2, -0.15) is 0 Å². The number of ether oxygens (including phenoxy) is 1. The van der Waals surface area contributed by atoms with E-state index < -0.39 is 17.6 Å². The number of carbonyl (C=O) groups is 3. The molecule has 0 aromatic heterocycles. The van der Waals surface area contributed by atoms with E-state index in [4.69, 9.17) is 4.74 Å². The molecule has 1 saturated heterocycles. The van der Waals surface area contributed by atoms with Gasteiger partial charge in [0.05, 0.1) is 5.92 Å². The van der Waals surface area contributed by atoms with E-state index in [9.17, 15) is 14.4 Å². The minimum absolute atomic E-state index is 0.0858. The molecule has 6 nitrogen and oxygen atoms in total. The van der Waals surface area contributed by atoms with Crippen LogP contribution in [-0.2, 0) is 14.3 Å². The van der Waals surface area contributed by atoms with Gasteiger partial charge in [-0.1, -0.05) is 66.3 Å². The average Bonchev–Trinajstić information content (AvgIpc) is 3.22. The van der Waals surface area contributed by atoms with E-state index in [1.165, 1.54) is 0 Å². The molecule has 3 saturated carbocycles. The highest BCUT2D eigenvalue weighted by Crippen LogP contribution is 2.69. The monoisotopic (exact) mass is 526 g/mol. The molecular weight excluding hydrogens is 476 g/mol. The Labute approximate surface area is 230 Å². The molecule has 2 bridgehead atoms. The summed E-state index contributed by atoms with van der Waals surface area (Å²) in [6, 6.07) is 0. The molecule has 1 heterocycles. The van der Waals surface area contributed by atoms with Gasteiger partial charge in [0, 0.05) is 24.3 Å². The third kappa shape index (κ3) is 4.69. The van der Waals surface area contributed by atoms with Crippen LogP contribution in [0.25, 0.3) is 0 Å². The minimum atomic E-state index is -0.674. The number of hydrogen-bond acceptors (Lipinski definition) is 5. The van der Waals surface area contributed by atoms with Gasteiger partial charge >= 0.3 is 6.09 Å². The van der Waals surface area contributed by atoms with Crippen LogP contribution >= 0.6 is 0 Å². The number of piperidine rings is 1. The highest BCUT2D eigenvalue weighted by molar-refractivity contribution is 5.93. The second-order valence-corrected chi connectivity index (χ2v) is 13.8. The fourth-order valence-corrected chi connectivity index (χ4v) is 8.98. The zero-order valence-corrected chi connectivity index (χ0v) is 24.7. The Morgan fingerprint density at radius 1 is 1.11 bits per heavy atom. The van der Waals surface area contributed by atoms with Crippen molar-refractivity contribution >= 4 is 17.8 Å². The smallest absolute Gasteiger partial charge is 0.414 e. The molecule has 0 aromatic rings. The minimum Gasteiger partial charge on any atom is -0.445 e. The normalized spacial score (nSPS) is 45.7. The van der Waals surface area contributed by atoms with E-state index in [0.29, 0.717) is 31.1 Å². The van der Waals surface area contributed by atoms with Crippen LogP contribution in [0.3, 0.4) is 0 Å². The van der Waals surface area contributed by atoms with E-state index >= 15 is 0 Å². The van der Waals surface area contributed by atoms with Crippen LogP contribution in [-0.4, -0.2) is 48.9 Å². The van der Waals surface area contributed by atoms with Gasteiger partial charge in [-0.25, -0.2) is 4.79 Å². The van der Waals surface area contributed by atoms with Gasteiger partial charge in [0.25, 0.3) is 0 Å². The molecule has 6 heteroatoms. The first-order valence-corrected chi connectivity index (χ1v) is 14.8. The largest absolute Gasteiger partial charge is 0.445 e. The van der Waals surface area contributed by atoms with Crippen molar-refractivity contribution in [3.63, 3.8) is 0 Å². The summed E-state index contributed by atoms with van der Waals surface area (Å²) in [4.78, 5) is 42.4. The van der Waals surface area contributed by atoms with Crippen molar-refractivity contribution < 1.29 is 19.1 Å². The Balaban J connectivity index is 1.70. The molecule has 212 valence electrons. The number of alkyl carbamates (subject to hydrolysis) is 1. The number of ketones is 1. The number of carbonyl (C=O) groups excluding carboxylic acids is 3. The van der Waals surface area contributed by atoms with Crippen molar-refractivity contribution in [2.24, 2.45) is 51.8 Å². The third-order valence-electron chi connectivity index (χ3n) is 12.1. The first-order chi connectivity index (χ1) is 17.8. The van der Waals surface area contributed by atoms with Crippen LogP contribution in [0.2, 0.25) is 0 Å². The van der Waals surface area contributed by atoms with Crippen LogP contribution in [0.4, 0.5) is 4.79 Å². The standard InChI is InChI=1S/C32H50N2O4/c1-9-10-14-30(6)18-26(38-29(37)33-28(36)24-19-34(8)17-13-20(24)2)31(7)21(3)11-15-32(23(5)22(30)4)16-12-25(35)27(31)32/h9-10,14,20-24,26-27H,1,11-13,15-19H2,2-8H3,(H,33,36,37)/t20-,21+,22-,23-,24-,26+,27?,30+,31-,32?/m0/s1. The first kappa shape index (κ1) is 29.0. The van der Waals surface area contributed by atoms with Gasteiger partial charge in [-0.05, 0) is 80.2 Å². The average molecular weight is 527 g/mol. The third-order valence-corrected chi connectivity index (χ3v) is 12.1. The van der Waals surface area contributed by atoms with E-state index in [2.05, 4.69) is 64.4 Å². The predicted octanol–water partition coefficient (Wildman–Crippen LogP) is 6.02. The topological polar surface area (TPSA) is 75.7 Å². The summed E-state index contributed by atoms with van der Waals surface area (Å²) in [7, 11) is 2.01. The lowest BCUT2D eigenvalue weighted by atomic mass is 9.42. The van der Waals surface area contributed by atoms with Crippen molar-refractivity contribution in [3.05, 3.63) is 24.8 Å². The maximum absolute atomic E-state index is 13.7. The molecule has 10 atom stereocenters. The maximum atomic E-state index is 13.7. The summed E-state index contributed by atoms with van der Waals surface area (Å²) in [6.45, 7) is 18.9. The number of Topliss-reactive ketones (excluding diaryl/α,β-unsaturated/α-hetero) is 1. The van der Waals surface area contributed by atoms with Crippen molar-refractivity contribution in [2.45, 2.75) is 86.2 Å². The van der Waals surface area contributed by atoms with E-state index in [1.807, 2.05) is 13.1 Å². The number of hydrogen-bond donors (Lipinski definition) is 1. The summed E-state index contributed by atoms with van der Waals surface area (Å²) in [6.07, 6.45) is 9.97. The summed E-state index contributed by atoms with van der Waals surface area (Å²) < 4.78 is 6.33. The molecule has 0 spiro atoms. The number of imide groups is 1. The summed E-state index contributed by atoms with van der Waals surface area (Å²) in [5.41, 5.74) is -0.842. The van der Waals surface area contributed by atoms with E-state index in [1.54, 1.807) is 6.08 Å². The zero-order chi connectivity index (χ0) is 28.0. The summed E-state index contributed by atoms with van der Waals surface area (Å²) >= 11 is 0. The second kappa shape index (κ2) is 10.6. The lowest BCUT2D eigenvalue weighted by Gasteiger charge is -2.62. The number of amides is 2. The Hall–Kier alpha value is -1.95. The number of rotatable bonds is 4. The van der Waals surface area contributed by atoms with Gasteiger partial charge in [-0.3, -0.25) is 14.9 Å². The van der Waals surface area contributed by atoms with Crippen LogP contribution in [0.15, 0.2) is 24.8 Å². The highest BCUT2D eigenvalue weighted by atomic mass is 16.6. The molecule has 0 aromatic carbocycles. The fraction of sp³-hybridized carbons (Fsp3) is 0.781. The van der Waals surface area contributed by atoms with Gasteiger partial charge < -0.3 is 9.64 Å². The van der Waals surface area contributed by atoms with Crippen molar-refractivity contribution in [3.8, 4) is 0 Å². The first-order valence-electron chi connectivity index (χ1n) is 14.8. The molecule has 4 aliphatic rings. The quantitative estimate of drug-likeness (QED) is 0.453. The molecule has 0 radical (unpaired) electrons. The fourth-order valence-electron chi connectivity index (χ4n) is 8.98. The van der Waals surface area contributed by atoms with Gasteiger partial charge in [0.1, 0.15) is 11.9 Å². The Morgan fingerprint density at radius 3 is 2.50 bits per heavy atom. The molecular formula is C32H50N2O4. The summed E-state index contributed by atoms with van der Waals surface area (Å²) in [5, 5.41) is 2.60. The van der Waals surface area contributed by atoms with Crippen LogP contribution < -0.4 is 5.32 Å². The molecule has 1 aliphatic heterocycles. The van der Waals surface area contributed by atoms with Gasteiger partial charge in [0.2, 0.25) is 5.91 Å². The Morgan fingerprint density at radius 2 is 1.82 bits per heavy atom. The zero-order valence-electron chi connectivity index (χ0n) is 24.7. The molecule has 2 amide bonds. The predicted molar refractivity (Wildman–Crippen MR) is 150 cm³/mol. The molecule has 38 heavy (non-hydrogen) atoms. The van der Waals surface area contributed by atoms with Crippen LogP contribution in [0.1, 0.15) is 80.1 Å². The molecule has 4 rings (SSSR count). The van der Waals surface area contributed by atoms with Gasteiger partial charge in [-0.15, -0.1) is 0 Å². The lowest BCUT2D eigenvalue weighted by molar-refractivity contribution is -0.179. The second-order valence-electron chi connectivity index (χ2n) is 13.8. The lowest BCUT2D eigenvalue weighted by Crippen LogP contribution is -2.62. The number of nitrogens with one attached hydrogen (secondary N) is 1. The number of nitrogens with zero attached hydrogens (tertiary/aromatic N) is 1. The molecule has 3 aliphatic carbocycles. The summed E-state index contributed by atoms with van der Waals surface area (Å²) in [5.74, 6) is 0.750. The highest BCUT2D eigenvalue weighted by Gasteiger charge is 2.67. The maximum Gasteiger partial charge on any atom is 0.414 e. The van der Waals surface area contributed by atoms with Crippen LogP contribution in [0, 0.1) is 51.8 Å². The number of allylic oxidation sites excluding steroid dienone is 3.